The maximum Gasteiger partial charge on any atom is 0.414 e. The minimum absolute atomic E-state index is 0.0714. The van der Waals surface area contributed by atoms with Gasteiger partial charge in [-0.2, -0.15) is 0 Å². The Kier molecular flexibility index (Phi) is 7.31. The smallest absolute Gasteiger partial charge is 0.414 e. The molecule has 1 heterocycles. The molecule has 132 valence electrons. The fraction of sp³-hybridized carbons (Fsp3) is 0.438. The average molecular weight is 340 g/mol. The second kappa shape index (κ2) is 8.97. The van der Waals surface area contributed by atoms with Gasteiger partial charge >= 0.3 is 11.9 Å². The lowest BCUT2D eigenvalue weighted by Gasteiger charge is -2.36. The van der Waals surface area contributed by atoms with Crippen LogP contribution < -0.4 is 0 Å². The number of nitrogens with zero attached hydrogens (tertiary/aromatic N) is 2. The first-order valence-corrected chi connectivity index (χ1v) is 7.47. The number of amides is 1. The number of carbonyl (C=O) groups excluding carboxylic acids is 1. The van der Waals surface area contributed by atoms with Crippen molar-refractivity contribution in [3.8, 4) is 0 Å². The number of aliphatic carboxylic acids is 2. The minimum Gasteiger partial charge on any atom is -0.473 e. The zero-order chi connectivity index (χ0) is 18.3. The molecule has 0 saturated carbocycles. The van der Waals surface area contributed by atoms with Crippen molar-refractivity contribution in [2.45, 2.75) is 19.9 Å². The molecule has 1 aliphatic rings. The van der Waals surface area contributed by atoms with E-state index >= 15 is 0 Å². The quantitative estimate of drug-likeness (QED) is 0.784. The molecule has 24 heavy (non-hydrogen) atoms. The molecule has 2 rings (SSSR count). The second-order valence-electron chi connectivity index (χ2n) is 5.54. The third kappa shape index (κ3) is 5.96. The van der Waals surface area contributed by atoms with Crippen LogP contribution in [0, 0.1) is 5.82 Å². The van der Waals surface area contributed by atoms with E-state index < -0.39 is 11.9 Å². The molecule has 0 bridgehead atoms. The number of carboxylic acid groups (broad SMARTS) is 2. The van der Waals surface area contributed by atoms with Crippen molar-refractivity contribution in [3.63, 3.8) is 0 Å². The summed E-state index contributed by atoms with van der Waals surface area (Å²) in [6.07, 6.45) is 0. The molecule has 1 amide bonds. The van der Waals surface area contributed by atoms with Crippen LogP contribution in [-0.4, -0.2) is 70.1 Å². The van der Waals surface area contributed by atoms with Crippen molar-refractivity contribution in [2.24, 2.45) is 0 Å². The molecule has 2 N–H and O–H groups in total. The molecule has 0 spiro atoms. The van der Waals surface area contributed by atoms with E-state index in [2.05, 4.69) is 18.7 Å². The Bertz CT molecular complexity index is 586. The van der Waals surface area contributed by atoms with E-state index in [0.29, 0.717) is 24.7 Å². The topological polar surface area (TPSA) is 98.2 Å². The number of piperazine rings is 1. The van der Waals surface area contributed by atoms with Gasteiger partial charge in [-0.05, 0) is 32.0 Å². The summed E-state index contributed by atoms with van der Waals surface area (Å²) < 4.78 is 13.1. The molecule has 0 aliphatic carbocycles. The van der Waals surface area contributed by atoms with Crippen LogP contribution in [0.3, 0.4) is 0 Å². The summed E-state index contributed by atoms with van der Waals surface area (Å²) in [4.78, 5) is 34.5. The molecule has 0 unspecified atom stereocenters. The van der Waals surface area contributed by atoms with Gasteiger partial charge in [-0.25, -0.2) is 14.0 Å². The Hall–Kier alpha value is -2.48. The van der Waals surface area contributed by atoms with Crippen LogP contribution in [0.5, 0.6) is 0 Å². The molecular weight excluding hydrogens is 319 g/mol. The lowest BCUT2D eigenvalue weighted by molar-refractivity contribution is -0.159. The third-order valence-electron chi connectivity index (χ3n) is 3.59. The summed E-state index contributed by atoms with van der Waals surface area (Å²) in [6, 6.07) is 6.41. The summed E-state index contributed by atoms with van der Waals surface area (Å²) in [5.41, 5.74) is 0.438. The predicted octanol–water partition coefficient (Wildman–Crippen LogP) is 1.15. The molecular formula is C16H21FN2O5. The van der Waals surface area contributed by atoms with E-state index in [1.807, 2.05) is 0 Å². The SMILES string of the molecule is CC(C)N1CCN(C(=O)c2cccc(F)c2)CC1.O=C(O)C(=O)O. The average Bonchev–Trinajstić information content (AvgIpc) is 2.54. The minimum atomic E-state index is -1.82. The highest BCUT2D eigenvalue weighted by molar-refractivity contribution is 6.27. The molecule has 1 saturated heterocycles. The standard InChI is InChI=1S/C14H19FN2O.C2H2O4/c1-11(2)16-6-8-17(9-7-16)14(18)12-4-3-5-13(15)10-12;3-1(4)2(5)6/h3-5,10-11H,6-9H2,1-2H3;(H,3,4)(H,5,6). The molecule has 0 aromatic heterocycles. The van der Waals surface area contributed by atoms with Crippen molar-refractivity contribution in [2.75, 3.05) is 26.2 Å². The monoisotopic (exact) mass is 340 g/mol. The van der Waals surface area contributed by atoms with Crippen molar-refractivity contribution >= 4 is 17.8 Å². The van der Waals surface area contributed by atoms with Crippen molar-refractivity contribution in [3.05, 3.63) is 35.6 Å². The Morgan fingerprint density at radius 2 is 1.58 bits per heavy atom. The van der Waals surface area contributed by atoms with Gasteiger partial charge in [0.2, 0.25) is 0 Å². The highest BCUT2D eigenvalue weighted by atomic mass is 19.1. The van der Waals surface area contributed by atoms with Gasteiger partial charge < -0.3 is 15.1 Å². The highest BCUT2D eigenvalue weighted by Crippen LogP contribution is 2.11. The lowest BCUT2D eigenvalue weighted by Crippen LogP contribution is -2.50. The van der Waals surface area contributed by atoms with Gasteiger partial charge in [0.15, 0.2) is 0 Å². The normalized spacial score (nSPS) is 14.8. The zero-order valence-electron chi connectivity index (χ0n) is 13.6. The van der Waals surface area contributed by atoms with Crippen LogP contribution >= 0.6 is 0 Å². The van der Waals surface area contributed by atoms with Gasteiger partial charge in [-0.1, -0.05) is 6.07 Å². The van der Waals surface area contributed by atoms with Crippen LogP contribution in [0.4, 0.5) is 4.39 Å². The van der Waals surface area contributed by atoms with Gasteiger partial charge in [-0.15, -0.1) is 0 Å². The number of halogens is 1. The van der Waals surface area contributed by atoms with E-state index in [1.54, 1.807) is 17.0 Å². The van der Waals surface area contributed by atoms with E-state index in [1.165, 1.54) is 12.1 Å². The van der Waals surface area contributed by atoms with E-state index in [-0.39, 0.29) is 11.7 Å². The molecule has 0 atom stereocenters. The summed E-state index contributed by atoms with van der Waals surface area (Å²) >= 11 is 0. The number of benzene rings is 1. The summed E-state index contributed by atoms with van der Waals surface area (Å²) in [5.74, 6) is -4.08. The molecule has 0 radical (unpaired) electrons. The maximum atomic E-state index is 13.1. The molecule has 1 aromatic rings. The van der Waals surface area contributed by atoms with Crippen molar-refractivity contribution in [1.29, 1.82) is 0 Å². The fourth-order valence-electron chi connectivity index (χ4n) is 2.25. The van der Waals surface area contributed by atoms with Crippen LogP contribution in [0.15, 0.2) is 24.3 Å². The largest absolute Gasteiger partial charge is 0.473 e. The summed E-state index contributed by atoms with van der Waals surface area (Å²) in [5, 5.41) is 14.8. The maximum absolute atomic E-state index is 13.1. The van der Waals surface area contributed by atoms with Crippen molar-refractivity contribution in [1.82, 2.24) is 9.80 Å². The first-order valence-electron chi connectivity index (χ1n) is 7.47. The molecule has 1 fully saturated rings. The Morgan fingerprint density at radius 3 is 2.00 bits per heavy atom. The van der Waals surface area contributed by atoms with Gasteiger partial charge in [0.05, 0.1) is 0 Å². The van der Waals surface area contributed by atoms with E-state index in [4.69, 9.17) is 19.8 Å². The first kappa shape index (κ1) is 19.6. The second-order valence-corrected chi connectivity index (χ2v) is 5.54. The van der Waals surface area contributed by atoms with Gasteiger partial charge in [-0.3, -0.25) is 9.69 Å². The highest BCUT2D eigenvalue weighted by Gasteiger charge is 2.23. The van der Waals surface area contributed by atoms with Gasteiger partial charge in [0.1, 0.15) is 5.82 Å². The number of hydrogen-bond donors (Lipinski definition) is 2. The summed E-state index contributed by atoms with van der Waals surface area (Å²) in [7, 11) is 0. The number of rotatable bonds is 2. The zero-order valence-corrected chi connectivity index (χ0v) is 13.6. The Labute approximate surface area is 139 Å². The van der Waals surface area contributed by atoms with Gasteiger partial charge in [0, 0.05) is 37.8 Å². The third-order valence-corrected chi connectivity index (χ3v) is 3.59. The van der Waals surface area contributed by atoms with E-state index in [9.17, 15) is 9.18 Å². The van der Waals surface area contributed by atoms with Gasteiger partial charge in [0.25, 0.3) is 5.91 Å². The Morgan fingerprint density at radius 1 is 1.04 bits per heavy atom. The molecule has 1 aromatic carbocycles. The molecule has 7 nitrogen and oxygen atoms in total. The van der Waals surface area contributed by atoms with Crippen LogP contribution in [0.2, 0.25) is 0 Å². The molecule has 8 heteroatoms. The number of carboxylic acids is 2. The lowest BCUT2D eigenvalue weighted by atomic mass is 10.1. The van der Waals surface area contributed by atoms with Crippen molar-refractivity contribution < 1.29 is 29.0 Å². The van der Waals surface area contributed by atoms with Crippen LogP contribution in [0.25, 0.3) is 0 Å². The summed E-state index contributed by atoms with van der Waals surface area (Å²) in [6.45, 7) is 7.52. The van der Waals surface area contributed by atoms with E-state index in [0.717, 1.165) is 13.1 Å². The Balaban J connectivity index is 0.000000413. The van der Waals surface area contributed by atoms with Crippen LogP contribution in [0.1, 0.15) is 24.2 Å². The predicted molar refractivity (Wildman–Crippen MR) is 84.3 cm³/mol. The van der Waals surface area contributed by atoms with Crippen LogP contribution in [-0.2, 0) is 9.59 Å². The molecule has 1 aliphatic heterocycles. The first-order chi connectivity index (χ1) is 11.2. The number of hydrogen-bond acceptors (Lipinski definition) is 4. The fourth-order valence-corrected chi connectivity index (χ4v) is 2.25. The number of carbonyl (C=O) groups is 3.